The molecule has 1 aliphatic heterocycles. The van der Waals surface area contributed by atoms with Crippen LogP contribution in [0.1, 0.15) is 53.9 Å². The lowest BCUT2D eigenvalue weighted by molar-refractivity contribution is -0.294. The van der Waals surface area contributed by atoms with Gasteiger partial charge in [-0.05, 0) is 46.5 Å². The van der Waals surface area contributed by atoms with Gasteiger partial charge in [-0.25, -0.2) is 0 Å². The Labute approximate surface area is 81.9 Å². The summed E-state index contributed by atoms with van der Waals surface area (Å²) < 4.78 is 0. The summed E-state index contributed by atoms with van der Waals surface area (Å²) in [6.45, 7) is 10.5. The molecule has 1 radical (unpaired) electrons. The minimum absolute atomic E-state index is 0.178. The van der Waals surface area contributed by atoms with Crippen LogP contribution in [0.3, 0.4) is 0 Å². The highest BCUT2D eigenvalue weighted by Crippen LogP contribution is 2.41. The van der Waals surface area contributed by atoms with Gasteiger partial charge < -0.3 is 0 Å². The van der Waals surface area contributed by atoms with Crippen LogP contribution in [0, 0.1) is 5.92 Å². The van der Waals surface area contributed by atoms with Gasteiger partial charge in [0.2, 0.25) is 0 Å². The Morgan fingerprint density at radius 3 is 1.85 bits per heavy atom. The lowest BCUT2D eigenvalue weighted by Crippen LogP contribution is -2.58. The second-order valence-electron chi connectivity index (χ2n) is 5.60. The number of hydrogen-bond donors (Lipinski definition) is 0. The molecule has 0 aromatic heterocycles. The summed E-state index contributed by atoms with van der Waals surface area (Å²) in [5.74, 6) is 0.718. The molecule has 1 rings (SSSR count). The first-order valence-electron chi connectivity index (χ1n) is 5.27. The minimum atomic E-state index is -0.178. The molecule has 0 saturated carbocycles. The zero-order valence-corrected chi connectivity index (χ0v) is 9.55. The number of hydrogen-bond acceptors (Lipinski definition) is 1. The SMILES string of the molecule is CCC1CC(C)(C)N([O])C(C)(C)C1. The molecule has 13 heavy (non-hydrogen) atoms. The van der Waals surface area contributed by atoms with Crippen LogP contribution in [0.5, 0.6) is 0 Å². The van der Waals surface area contributed by atoms with Gasteiger partial charge >= 0.3 is 0 Å². The number of piperidine rings is 1. The Morgan fingerprint density at radius 2 is 1.54 bits per heavy atom. The molecule has 1 fully saturated rings. The molecule has 1 saturated heterocycles. The highest BCUT2D eigenvalue weighted by atomic mass is 16.5. The molecular weight excluding hydrogens is 162 g/mol. The van der Waals surface area contributed by atoms with Gasteiger partial charge in [0.1, 0.15) is 0 Å². The number of nitrogens with zero attached hydrogens (tertiary/aromatic N) is 1. The molecule has 0 N–H and O–H groups in total. The van der Waals surface area contributed by atoms with Gasteiger partial charge in [-0.3, -0.25) is 0 Å². The normalized spacial score (nSPS) is 29.1. The molecule has 0 aliphatic carbocycles. The van der Waals surface area contributed by atoms with E-state index in [1.807, 2.05) is 0 Å². The molecule has 0 amide bonds. The molecule has 77 valence electrons. The van der Waals surface area contributed by atoms with Gasteiger partial charge in [0, 0.05) is 11.1 Å². The van der Waals surface area contributed by atoms with E-state index in [0.717, 1.165) is 18.8 Å². The molecule has 0 unspecified atom stereocenters. The molecule has 1 aliphatic rings. The van der Waals surface area contributed by atoms with E-state index >= 15 is 0 Å². The average molecular weight is 184 g/mol. The average Bonchev–Trinajstić information content (AvgIpc) is 1.99. The van der Waals surface area contributed by atoms with Crippen LogP contribution in [0.25, 0.3) is 0 Å². The van der Waals surface area contributed by atoms with Crippen molar-refractivity contribution >= 4 is 0 Å². The smallest absolute Gasteiger partial charge is 0.0446 e. The van der Waals surface area contributed by atoms with Crippen LogP contribution in [0.15, 0.2) is 0 Å². The lowest BCUT2D eigenvalue weighted by Gasteiger charge is -2.49. The third kappa shape index (κ3) is 2.05. The van der Waals surface area contributed by atoms with E-state index in [4.69, 9.17) is 0 Å². The Kier molecular flexibility index (Phi) is 2.75. The Balaban J connectivity index is 2.82. The van der Waals surface area contributed by atoms with Crippen molar-refractivity contribution in [3.05, 3.63) is 0 Å². The van der Waals surface area contributed by atoms with Gasteiger partial charge in [-0.15, -0.1) is 10.3 Å². The van der Waals surface area contributed by atoms with E-state index in [-0.39, 0.29) is 11.1 Å². The summed E-state index contributed by atoms with van der Waals surface area (Å²) >= 11 is 0. The zero-order valence-electron chi connectivity index (χ0n) is 9.55. The number of hydroxylamine groups is 2. The molecule has 0 atom stereocenters. The summed E-state index contributed by atoms with van der Waals surface area (Å²) in [4.78, 5) is 0. The Bertz CT molecular complexity index is 169. The number of rotatable bonds is 1. The van der Waals surface area contributed by atoms with E-state index in [1.54, 1.807) is 0 Å². The van der Waals surface area contributed by atoms with E-state index in [0.29, 0.717) is 0 Å². The molecule has 0 bridgehead atoms. The fourth-order valence-corrected chi connectivity index (χ4v) is 2.76. The van der Waals surface area contributed by atoms with Gasteiger partial charge in [0.05, 0.1) is 0 Å². The first-order chi connectivity index (χ1) is 5.79. The molecule has 2 nitrogen and oxygen atoms in total. The molecular formula is C11H22NO. The van der Waals surface area contributed by atoms with Crippen molar-refractivity contribution in [3.63, 3.8) is 0 Å². The summed E-state index contributed by atoms with van der Waals surface area (Å²) in [7, 11) is 0. The van der Waals surface area contributed by atoms with Crippen LogP contribution >= 0.6 is 0 Å². The Morgan fingerprint density at radius 1 is 1.15 bits per heavy atom. The summed E-state index contributed by atoms with van der Waals surface area (Å²) in [6.07, 6.45) is 3.27. The van der Waals surface area contributed by atoms with Crippen molar-refractivity contribution in [2.75, 3.05) is 0 Å². The summed E-state index contributed by atoms with van der Waals surface area (Å²) in [5.41, 5.74) is -0.356. The summed E-state index contributed by atoms with van der Waals surface area (Å²) in [5, 5.41) is 13.2. The zero-order chi connectivity index (χ0) is 10.3. The van der Waals surface area contributed by atoms with Gasteiger partial charge in [-0.2, -0.15) is 0 Å². The predicted octanol–water partition coefficient (Wildman–Crippen LogP) is 3.01. The quantitative estimate of drug-likeness (QED) is 0.614. The van der Waals surface area contributed by atoms with Crippen molar-refractivity contribution in [2.45, 2.75) is 65.0 Å². The van der Waals surface area contributed by atoms with Crippen LogP contribution in [0.4, 0.5) is 0 Å². The summed E-state index contributed by atoms with van der Waals surface area (Å²) in [6, 6.07) is 0. The highest BCUT2D eigenvalue weighted by Gasteiger charge is 2.45. The Hall–Kier alpha value is -0.0800. The van der Waals surface area contributed by atoms with Gasteiger partial charge in [0.15, 0.2) is 0 Å². The second-order valence-corrected chi connectivity index (χ2v) is 5.60. The molecule has 0 aromatic rings. The fraction of sp³-hybridized carbons (Fsp3) is 1.00. The predicted molar refractivity (Wildman–Crippen MR) is 53.7 cm³/mol. The molecule has 0 spiro atoms. The van der Waals surface area contributed by atoms with Crippen molar-refractivity contribution in [3.8, 4) is 0 Å². The van der Waals surface area contributed by atoms with E-state index < -0.39 is 0 Å². The van der Waals surface area contributed by atoms with Gasteiger partial charge in [0.25, 0.3) is 0 Å². The van der Waals surface area contributed by atoms with Crippen LogP contribution in [0.2, 0.25) is 0 Å². The second kappa shape index (κ2) is 3.25. The van der Waals surface area contributed by atoms with Crippen molar-refractivity contribution < 1.29 is 5.21 Å². The maximum Gasteiger partial charge on any atom is 0.0446 e. The molecule has 2 heteroatoms. The maximum absolute atomic E-state index is 11.9. The third-order valence-electron chi connectivity index (χ3n) is 3.25. The largest absolute Gasteiger partial charge is 0.144 e. The third-order valence-corrected chi connectivity index (χ3v) is 3.25. The topological polar surface area (TPSA) is 23.1 Å². The maximum atomic E-state index is 11.9. The first kappa shape index (κ1) is 11.0. The van der Waals surface area contributed by atoms with Crippen molar-refractivity contribution in [1.29, 1.82) is 0 Å². The monoisotopic (exact) mass is 184 g/mol. The van der Waals surface area contributed by atoms with E-state index in [1.165, 1.54) is 11.5 Å². The van der Waals surface area contributed by atoms with E-state index in [9.17, 15) is 5.21 Å². The fourth-order valence-electron chi connectivity index (χ4n) is 2.76. The van der Waals surface area contributed by atoms with Crippen LogP contribution in [-0.4, -0.2) is 16.1 Å². The van der Waals surface area contributed by atoms with Gasteiger partial charge in [-0.1, -0.05) is 13.3 Å². The minimum Gasteiger partial charge on any atom is -0.144 e. The van der Waals surface area contributed by atoms with E-state index in [2.05, 4.69) is 34.6 Å². The molecule has 1 heterocycles. The van der Waals surface area contributed by atoms with Crippen molar-refractivity contribution in [1.82, 2.24) is 5.06 Å². The van der Waals surface area contributed by atoms with Crippen molar-refractivity contribution in [2.24, 2.45) is 5.92 Å². The lowest BCUT2D eigenvalue weighted by atomic mass is 9.74. The van der Waals surface area contributed by atoms with Crippen LogP contribution in [-0.2, 0) is 5.21 Å². The first-order valence-corrected chi connectivity index (χ1v) is 5.27. The molecule has 0 aromatic carbocycles. The highest BCUT2D eigenvalue weighted by molar-refractivity contribution is 4.95. The standard InChI is InChI=1S/C11H22NO/c1-6-9-7-10(2,3)12(13)11(4,5)8-9/h9H,6-8H2,1-5H3. The van der Waals surface area contributed by atoms with Crippen LogP contribution < -0.4 is 0 Å².